The number of aromatic nitrogens is 1. The Morgan fingerprint density at radius 3 is 2.75 bits per heavy atom. The molecule has 4 heteroatoms. The molecule has 1 N–H and O–H groups in total. The van der Waals surface area contributed by atoms with Crippen LogP contribution in [-0.4, -0.2) is 17.1 Å². The number of hydrogen-bond acceptors (Lipinski definition) is 2. The highest BCUT2D eigenvalue weighted by atomic mass is 16.5. The molecule has 0 fully saturated rings. The molecule has 0 aliphatic heterocycles. The Morgan fingerprint density at radius 2 is 2.05 bits per heavy atom. The summed E-state index contributed by atoms with van der Waals surface area (Å²) in [5.41, 5.74) is 1.11. The van der Waals surface area contributed by atoms with Gasteiger partial charge < -0.3 is 14.6 Å². The summed E-state index contributed by atoms with van der Waals surface area (Å²) in [6.07, 6.45) is 5.17. The standard InChI is InChI=1S/C16H20N2O2/c1-18-10-9-14(13-18)12-17-16(19)8-5-11-20-15-6-3-2-4-7-15/h2-4,6-7,9-10,13H,5,8,11-12H2,1H3,(H,17,19). The minimum absolute atomic E-state index is 0.0607. The van der Waals surface area contributed by atoms with Crippen LogP contribution in [0, 0.1) is 0 Å². The minimum atomic E-state index is 0.0607. The molecular weight excluding hydrogens is 252 g/mol. The Kier molecular flexibility index (Phi) is 5.24. The van der Waals surface area contributed by atoms with Crippen LogP contribution in [-0.2, 0) is 18.4 Å². The van der Waals surface area contributed by atoms with Gasteiger partial charge in [0.15, 0.2) is 0 Å². The fourth-order valence-electron chi connectivity index (χ4n) is 1.89. The second-order valence-electron chi connectivity index (χ2n) is 4.73. The van der Waals surface area contributed by atoms with Gasteiger partial charge in [0.25, 0.3) is 0 Å². The van der Waals surface area contributed by atoms with Gasteiger partial charge in [0.1, 0.15) is 5.75 Å². The second-order valence-corrected chi connectivity index (χ2v) is 4.73. The molecule has 0 aliphatic carbocycles. The van der Waals surface area contributed by atoms with Gasteiger partial charge in [-0.3, -0.25) is 4.79 Å². The predicted molar refractivity (Wildman–Crippen MR) is 78.4 cm³/mol. The molecule has 0 atom stereocenters. The average molecular weight is 272 g/mol. The molecule has 1 aromatic carbocycles. The summed E-state index contributed by atoms with van der Waals surface area (Å²) in [4.78, 5) is 11.7. The molecule has 0 aliphatic rings. The molecule has 0 saturated heterocycles. The Balaban J connectivity index is 1.58. The van der Waals surface area contributed by atoms with E-state index in [1.165, 1.54) is 0 Å². The molecule has 4 nitrogen and oxygen atoms in total. The maximum absolute atomic E-state index is 11.7. The smallest absolute Gasteiger partial charge is 0.220 e. The first-order chi connectivity index (χ1) is 9.74. The van der Waals surface area contributed by atoms with Crippen molar-refractivity contribution in [3.05, 3.63) is 54.4 Å². The Bertz CT molecular complexity index is 534. The summed E-state index contributed by atoms with van der Waals surface area (Å²) in [5.74, 6) is 0.905. The molecule has 2 rings (SSSR count). The van der Waals surface area contributed by atoms with Crippen molar-refractivity contribution in [2.75, 3.05) is 6.61 Å². The molecule has 1 aromatic heterocycles. The highest BCUT2D eigenvalue weighted by Crippen LogP contribution is 2.08. The van der Waals surface area contributed by atoms with Gasteiger partial charge >= 0.3 is 0 Å². The van der Waals surface area contributed by atoms with Gasteiger partial charge in [-0.15, -0.1) is 0 Å². The van der Waals surface area contributed by atoms with Crippen LogP contribution in [0.25, 0.3) is 0 Å². The Labute approximate surface area is 119 Å². The second kappa shape index (κ2) is 7.38. The van der Waals surface area contributed by atoms with E-state index in [9.17, 15) is 4.79 Å². The molecule has 1 amide bonds. The van der Waals surface area contributed by atoms with Crippen molar-refractivity contribution in [1.82, 2.24) is 9.88 Å². The lowest BCUT2D eigenvalue weighted by atomic mass is 10.3. The van der Waals surface area contributed by atoms with Crippen molar-refractivity contribution in [2.24, 2.45) is 7.05 Å². The molecule has 0 spiro atoms. The largest absolute Gasteiger partial charge is 0.494 e. The highest BCUT2D eigenvalue weighted by molar-refractivity contribution is 5.75. The molecule has 2 aromatic rings. The van der Waals surface area contributed by atoms with E-state index >= 15 is 0 Å². The van der Waals surface area contributed by atoms with Crippen molar-refractivity contribution >= 4 is 5.91 Å². The predicted octanol–water partition coefficient (Wildman–Crippen LogP) is 2.50. The highest BCUT2D eigenvalue weighted by Gasteiger charge is 2.02. The molecule has 106 valence electrons. The number of rotatable bonds is 7. The lowest BCUT2D eigenvalue weighted by molar-refractivity contribution is -0.121. The van der Waals surface area contributed by atoms with Crippen LogP contribution < -0.4 is 10.1 Å². The zero-order valence-corrected chi connectivity index (χ0v) is 11.7. The number of para-hydroxylation sites is 1. The Morgan fingerprint density at radius 1 is 1.25 bits per heavy atom. The van der Waals surface area contributed by atoms with Crippen LogP contribution in [0.4, 0.5) is 0 Å². The van der Waals surface area contributed by atoms with Crippen molar-refractivity contribution in [2.45, 2.75) is 19.4 Å². The third-order valence-electron chi connectivity index (χ3n) is 2.94. The van der Waals surface area contributed by atoms with Crippen molar-refractivity contribution in [3.8, 4) is 5.75 Å². The van der Waals surface area contributed by atoms with E-state index in [0.717, 1.165) is 17.7 Å². The number of carbonyl (C=O) groups excluding carboxylic acids is 1. The number of ether oxygens (including phenoxy) is 1. The van der Waals surface area contributed by atoms with Gasteiger partial charge in [0, 0.05) is 32.4 Å². The van der Waals surface area contributed by atoms with E-state index in [4.69, 9.17) is 4.74 Å². The van der Waals surface area contributed by atoms with E-state index in [2.05, 4.69) is 5.32 Å². The van der Waals surface area contributed by atoms with Gasteiger partial charge in [-0.05, 0) is 30.2 Å². The van der Waals surface area contributed by atoms with Gasteiger partial charge in [0.2, 0.25) is 5.91 Å². The molecule has 0 saturated carbocycles. The topological polar surface area (TPSA) is 43.3 Å². The van der Waals surface area contributed by atoms with E-state index in [1.807, 2.05) is 60.4 Å². The summed E-state index contributed by atoms with van der Waals surface area (Å²) < 4.78 is 7.51. The summed E-state index contributed by atoms with van der Waals surface area (Å²) in [6.45, 7) is 1.14. The van der Waals surface area contributed by atoms with Crippen LogP contribution in [0.1, 0.15) is 18.4 Å². The zero-order valence-electron chi connectivity index (χ0n) is 11.7. The lowest BCUT2D eigenvalue weighted by Gasteiger charge is -2.06. The fourth-order valence-corrected chi connectivity index (χ4v) is 1.89. The van der Waals surface area contributed by atoms with Crippen LogP contribution >= 0.6 is 0 Å². The molecule has 0 bridgehead atoms. The number of aryl methyl sites for hydroxylation is 1. The van der Waals surface area contributed by atoms with Gasteiger partial charge in [-0.1, -0.05) is 18.2 Å². The molecule has 1 heterocycles. The number of benzene rings is 1. The van der Waals surface area contributed by atoms with E-state index in [-0.39, 0.29) is 5.91 Å². The van der Waals surface area contributed by atoms with Crippen LogP contribution in [0.15, 0.2) is 48.8 Å². The first-order valence-electron chi connectivity index (χ1n) is 6.79. The number of amides is 1. The van der Waals surface area contributed by atoms with Crippen LogP contribution in [0.3, 0.4) is 0 Å². The number of hydrogen-bond donors (Lipinski definition) is 1. The van der Waals surface area contributed by atoms with Gasteiger partial charge in [-0.25, -0.2) is 0 Å². The maximum atomic E-state index is 11.7. The van der Waals surface area contributed by atoms with E-state index in [0.29, 0.717) is 19.6 Å². The molecular formula is C16H20N2O2. The molecule has 0 unspecified atom stereocenters. The maximum Gasteiger partial charge on any atom is 0.220 e. The van der Waals surface area contributed by atoms with Gasteiger partial charge in [0.05, 0.1) is 6.61 Å². The minimum Gasteiger partial charge on any atom is -0.494 e. The van der Waals surface area contributed by atoms with Crippen LogP contribution in [0.2, 0.25) is 0 Å². The van der Waals surface area contributed by atoms with Crippen molar-refractivity contribution in [1.29, 1.82) is 0 Å². The fraction of sp³-hybridized carbons (Fsp3) is 0.312. The quantitative estimate of drug-likeness (QED) is 0.787. The van der Waals surface area contributed by atoms with Crippen molar-refractivity contribution in [3.63, 3.8) is 0 Å². The first kappa shape index (κ1) is 14.2. The molecule has 0 radical (unpaired) electrons. The number of nitrogens with zero attached hydrogens (tertiary/aromatic N) is 1. The zero-order chi connectivity index (χ0) is 14.2. The lowest BCUT2D eigenvalue weighted by Crippen LogP contribution is -2.22. The summed E-state index contributed by atoms with van der Waals surface area (Å²) in [6, 6.07) is 11.6. The van der Waals surface area contributed by atoms with E-state index < -0.39 is 0 Å². The third-order valence-corrected chi connectivity index (χ3v) is 2.94. The normalized spacial score (nSPS) is 10.2. The average Bonchev–Trinajstić information content (AvgIpc) is 2.88. The Hall–Kier alpha value is -2.23. The first-order valence-corrected chi connectivity index (χ1v) is 6.79. The SMILES string of the molecule is Cn1ccc(CNC(=O)CCCOc2ccccc2)c1. The number of nitrogens with one attached hydrogen (secondary N) is 1. The molecule has 20 heavy (non-hydrogen) atoms. The van der Waals surface area contributed by atoms with Crippen LogP contribution in [0.5, 0.6) is 5.75 Å². The van der Waals surface area contributed by atoms with Crippen molar-refractivity contribution < 1.29 is 9.53 Å². The summed E-state index contributed by atoms with van der Waals surface area (Å²) >= 11 is 0. The third kappa shape index (κ3) is 4.80. The summed E-state index contributed by atoms with van der Waals surface area (Å²) in [5, 5.41) is 2.90. The summed E-state index contributed by atoms with van der Waals surface area (Å²) in [7, 11) is 1.96. The van der Waals surface area contributed by atoms with E-state index in [1.54, 1.807) is 0 Å². The van der Waals surface area contributed by atoms with Gasteiger partial charge in [-0.2, -0.15) is 0 Å². The number of carbonyl (C=O) groups is 1. The monoisotopic (exact) mass is 272 g/mol.